The fourth-order valence-corrected chi connectivity index (χ4v) is 0. The van der Waals surface area contributed by atoms with E-state index in [0.717, 1.165) is 0 Å². The van der Waals surface area contributed by atoms with Gasteiger partial charge in [-0.05, 0) is 0 Å². The first-order valence-corrected chi connectivity index (χ1v) is 0.548. The molecule has 6 heteroatoms. The first kappa shape index (κ1) is 16.1. The van der Waals surface area contributed by atoms with E-state index in [1.807, 2.05) is 0 Å². The molecule has 0 atom stereocenters. The fourth-order valence-electron chi connectivity index (χ4n) is 0. The summed E-state index contributed by atoms with van der Waals surface area (Å²) in [4.78, 5) is 8.25. The van der Waals surface area contributed by atoms with Crippen LogP contribution in [-0.4, -0.2) is 5.09 Å². The van der Waals surface area contributed by atoms with Gasteiger partial charge < -0.3 is 27.7 Å². The van der Waals surface area contributed by atoms with Crippen LogP contribution in [0.5, 0.6) is 0 Å². The molecule has 6 heavy (non-hydrogen) atoms. The maximum atomic E-state index is 8.25. The van der Waals surface area contributed by atoms with E-state index >= 15 is 0 Å². The molecule has 0 N–H and O–H groups in total. The van der Waals surface area contributed by atoms with Crippen molar-refractivity contribution < 1.29 is 45.2 Å². The van der Waals surface area contributed by atoms with Crippen LogP contribution in [0.4, 0.5) is 0 Å². The van der Waals surface area contributed by atoms with Crippen molar-refractivity contribution >= 4 is 0 Å². The SMILES string of the molecule is O=[N+]([O-])[O-].[Cl-].[Hg+2]. The average Bonchev–Trinajstić information content (AvgIpc) is 0.811. The summed E-state index contributed by atoms with van der Waals surface area (Å²) in [5, 5.41) is 14.8. The summed E-state index contributed by atoms with van der Waals surface area (Å²) in [5.74, 6) is 0. The van der Waals surface area contributed by atoms with Crippen LogP contribution in [0.15, 0.2) is 0 Å². The fraction of sp³-hybridized carbons (Fsp3) is 0. The van der Waals surface area contributed by atoms with Gasteiger partial charge in [0.15, 0.2) is 0 Å². The van der Waals surface area contributed by atoms with Gasteiger partial charge in [-0.3, -0.25) is 0 Å². The van der Waals surface area contributed by atoms with Crippen LogP contribution in [0.25, 0.3) is 0 Å². The van der Waals surface area contributed by atoms with E-state index in [-0.39, 0.29) is 40.1 Å². The minimum atomic E-state index is -1.75. The topological polar surface area (TPSA) is 66.2 Å². The van der Waals surface area contributed by atoms with Crippen LogP contribution in [0.1, 0.15) is 0 Å². The zero-order valence-corrected chi connectivity index (χ0v) is 9.01. The van der Waals surface area contributed by atoms with Crippen molar-refractivity contribution in [3.05, 3.63) is 15.3 Å². The first-order chi connectivity index (χ1) is 1.73. The molecule has 0 fully saturated rings. The number of hydrogen-bond donors (Lipinski definition) is 0. The number of halogens is 1. The van der Waals surface area contributed by atoms with Crippen molar-refractivity contribution in [3.63, 3.8) is 0 Å². The van der Waals surface area contributed by atoms with Crippen molar-refractivity contribution in [1.29, 1.82) is 0 Å². The molecule has 4 nitrogen and oxygen atoms in total. The van der Waals surface area contributed by atoms with E-state index in [1.54, 1.807) is 0 Å². The number of hydrogen-bond acceptors (Lipinski definition) is 3. The Morgan fingerprint density at radius 3 is 1.33 bits per heavy atom. The third kappa shape index (κ3) is 287. The van der Waals surface area contributed by atoms with Gasteiger partial charge in [0.2, 0.25) is 0 Å². The smallest absolute Gasteiger partial charge is 1.00 e. The summed E-state index contributed by atoms with van der Waals surface area (Å²) < 4.78 is 0. The standard InChI is InChI=1S/ClH.Hg.NO3/c;;2-1(3)4/h1H;;/q;+2;-1/p-1. The molecule has 0 aromatic carbocycles. The first-order valence-electron chi connectivity index (χ1n) is 0.548. The van der Waals surface area contributed by atoms with Gasteiger partial charge in [0.1, 0.15) is 0 Å². The molecule has 0 amide bonds. The van der Waals surface area contributed by atoms with Crippen LogP contribution in [0.2, 0.25) is 0 Å². The normalized spacial score (nSPS) is 4.00. The summed E-state index contributed by atoms with van der Waals surface area (Å²) in [5.41, 5.74) is 0. The van der Waals surface area contributed by atoms with Gasteiger partial charge >= 0.3 is 27.7 Å². The number of rotatable bonds is 0. The van der Waals surface area contributed by atoms with E-state index in [4.69, 9.17) is 15.3 Å². The Bertz CT molecular complexity index is 33.8. The molecule has 0 aliphatic carbocycles. The zero-order chi connectivity index (χ0) is 3.58. The molecule has 0 saturated carbocycles. The zero-order valence-electron chi connectivity index (χ0n) is 2.76. The van der Waals surface area contributed by atoms with Crippen LogP contribution in [-0.2, 0) is 27.7 Å². The maximum absolute atomic E-state index is 8.25. The Hall–Kier alpha value is 0.425. The minimum Gasteiger partial charge on any atom is -1.00 e. The van der Waals surface area contributed by atoms with E-state index in [0.29, 0.717) is 0 Å². The Labute approximate surface area is 60.6 Å². The molecule has 0 aromatic heterocycles. The van der Waals surface area contributed by atoms with Crippen LogP contribution >= 0.6 is 0 Å². The largest absolute Gasteiger partial charge is 2.00 e. The monoisotopic (exact) mass is 299 g/mol. The molecule has 0 unspecified atom stereocenters. The molecule has 0 aliphatic rings. The third-order valence-corrected chi connectivity index (χ3v) is 0. The molecule has 0 aliphatic heterocycles. The molecule has 0 aromatic rings. The van der Waals surface area contributed by atoms with Crippen molar-refractivity contribution in [2.75, 3.05) is 0 Å². The van der Waals surface area contributed by atoms with Crippen molar-refractivity contribution in [3.8, 4) is 0 Å². The van der Waals surface area contributed by atoms with Crippen molar-refractivity contribution in [2.45, 2.75) is 0 Å². The van der Waals surface area contributed by atoms with Gasteiger partial charge in [-0.25, -0.2) is 0 Å². The van der Waals surface area contributed by atoms with Gasteiger partial charge in [0.25, 0.3) is 0 Å². The van der Waals surface area contributed by atoms with Crippen LogP contribution in [0.3, 0.4) is 0 Å². The Morgan fingerprint density at radius 1 is 1.33 bits per heavy atom. The second-order valence-electron chi connectivity index (χ2n) is 0.224. The minimum absolute atomic E-state index is 0. The second-order valence-corrected chi connectivity index (χ2v) is 0.224. The molecule has 0 bridgehead atoms. The van der Waals surface area contributed by atoms with E-state index in [2.05, 4.69) is 0 Å². The average molecular weight is 298 g/mol. The third-order valence-electron chi connectivity index (χ3n) is 0. The Kier molecular flexibility index (Phi) is 24.3. The molecule has 0 saturated heterocycles. The van der Waals surface area contributed by atoms with E-state index in [1.165, 1.54) is 0 Å². The summed E-state index contributed by atoms with van der Waals surface area (Å²) in [6.45, 7) is 0. The van der Waals surface area contributed by atoms with Crippen molar-refractivity contribution in [1.82, 2.24) is 0 Å². The van der Waals surface area contributed by atoms with Gasteiger partial charge in [-0.15, -0.1) is 0 Å². The van der Waals surface area contributed by atoms with Gasteiger partial charge in [0, 0.05) is 0 Å². The summed E-state index contributed by atoms with van der Waals surface area (Å²) in [6.07, 6.45) is 0. The summed E-state index contributed by atoms with van der Waals surface area (Å²) in [6, 6.07) is 0. The van der Waals surface area contributed by atoms with Gasteiger partial charge in [0.05, 0.1) is 5.09 Å². The maximum Gasteiger partial charge on any atom is 2.00 e. The Balaban J connectivity index is -0.0000000450. The molecular formula is ClHgNO3. The summed E-state index contributed by atoms with van der Waals surface area (Å²) >= 11 is 0. The van der Waals surface area contributed by atoms with Crippen LogP contribution in [0, 0.1) is 15.3 Å². The molecule has 0 heterocycles. The van der Waals surface area contributed by atoms with Gasteiger partial charge in [-0.1, -0.05) is 0 Å². The van der Waals surface area contributed by atoms with E-state index < -0.39 is 5.09 Å². The molecule has 0 rings (SSSR count). The summed E-state index contributed by atoms with van der Waals surface area (Å²) in [7, 11) is 0. The predicted octanol–water partition coefficient (Wildman–Crippen LogP) is -3.24. The second kappa shape index (κ2) is 9.06. The van der Waals surface area contributed by atoms with Gasteiger partial charge in [-0.2, -0.15) is 0 Å². The van der Waals surface area contributed by atoms with Crippen molar-refractivity contribution in [2.24, 2.45) is 0 Å². The number of nitrogens with zero attached hydrogens (tertiary/aromatic N) is 1. The quantitative estimate of drug-likeness (QED) is 0.268. The predicted molar refractivity (Wildman–Crippen MR) is 10.4 cm³/mol. The molecular weight excluding hydrogens is 298 g/mol. The molecule has 0 spiro atoms. The molecule has 32 valence electrons. The van der Waals surface area contributed by atoms with Crippen LogP contribution < -0.4 is 12.4 Å². The Morgan fingerprint density at radius 2 is 1.33 bits per heavy atom. The molecule has 0 radical (unpaired) electrons. The van der Waals surface area contributed by atoms with E-state index in [9.17, 15) is 0 Å².